The number of aryl methyl sites for hydroxylation is 1. The van der Waals surface area contributed by atoms with Crippen molar-refractivity contribution in [2.24, 2.45) is 11.0 Å². The summed E-state index contributed by atoms with van der Waals surface area (Å²) in [6, 6.07) is 11.9. The van der Waals surface area contributed by atoms with Gasteiger partial charge >= 0.3 is 0 Å². The normalized spacial score (nSPS) is 19.8. The fourth-order valence-corrected chi connectivity index (χ4v) is 5.30. The minimum Gasteiger partial charge on any atom is -0.271 e. The number of fused-ring (bicyclic) bond motifs is 1. The monoisotopic (exact) mass is 534 g/mol. The van der Waals surface area contributed by atoms with Gasteiger partial charge in [0.15, 0.2) is 5.69 Å². The van der Waals surface area contributed by atoms with Crippen molar-refractivity contribution in [3.8, 4) is 0 Å². The Hall–Kier alpha value is -4.38. The van der Waals surface area contributed by atoms with Crippen LogP contribution in [0.2, 0.25) is 5.02 Å². The highest BCUT2D eigenvalue weighted by Gasteiger charge is 2.45. The van der Waals surface area contributed by atoms with Crippen LogP contribution in [-0.4, -0.2) is 36.3 Å². The summed E-state index contributed by atoms with van der Waals surface area (Å²) in [6.07, 6.45) is 5.60. The van der Waals surface area contributed by atoms with Crippen molar-refractivity contribution < 1.29 is 14.6 Å². The first-order valence-electron chi connectivity index (χ1n) is 12.1. The number of nitro groups is 2. The maximum absolute atomic E-state index is 13.8. The maximum Gasteiger partial charge on any atom is 0.296 e. The van der Waals surface area contributed by atoms with Crippen molar-refractivity contribution in [1.82, 2.24) is 14.8 Å². The first kappa shape index (κ1) is 25.3. The van der Waals surface area contributed by atoms with E-state index in [1.54, 1.807) is 35.1 Å². The Bertz CT molecular complexity index is 1510. The Balaban J connectivity index is 1.61. The smallest absolute Gasteiger partial charge is 0.271 e. The molecule has 38 heavy (non-hydrogen) atoms. The highest BCUT2D eigenvalue weighted by atomic mass is 35.5. The number of benzene rings is 2. The zero-order valence-corrected chi connectivity index (χ0v) is 21.1. The van der Waals surface area contributed by atoms with Crippen LogP contribution >= 0.6 is 11.6 Å². The van der Waals surface area contributed by atoms with E-state index in [0.717, 1.165) is 12.0 Å². The van der Waals surface area contributed by atoms with Gasteiger partial charge in [0.05, 0.1) is 26.6 Å². The Labute approximate surface area is 222 Å². The molecule has 5 rings (SSSR count). The largest absolute Gasteiger partial charge is 0.296 e. The molecule has 11 nitrogen and oxygen atoms in total. The topological polar surface area (TPSA) is 137 Å². The molecule has 0 spiro atoms. The summed E-state index contributed by atoms with van der Waals surface area (Å²) < 4.78 is 1.56. The number of hydrogen-bond donors (Lipinski definition) is 0. The Kier molecular flexibility index (Phi) is 6.77. The van der Waals surface area contributed by atoms with Gasteiger partial charge in [0.1, 0.15) is 0 Å². The zero-order valence-electron chi connectivity index (χ0n) is 20.4. The first-order valence-corrected chi connectivity index (χ1v) is 12.5. The second kappa shape index (κ2) is 10.2. The molecule has 0 radical (unpaired) electrons. The van der Waals surface area contributed by atoms with Gasteiger partial charge in [-0.3, -0.25) is 29.7 Å². The molecule has 2 aliphatic rings. The molecular weight excluding hydrogens is 512 g/mol. The van der Waals surface area contributed by atoms with E-state index in [1.807, 2.05) is 13.0 Å². The molecule has 12 heteroatoms. The summed E-state index contributed by atoms with van der Waals surface area (Å²) in [5, 5.41) is 33.4. The number of carbonyl (C=O) groups is 1. The molecule has 2 unspecified atom stereocenters. The molecule has 0 saturated heterocycles. The third kappa shape index (κ3) is 4.68. The molecule has 0 bridgehead atoms. The third-order valence-electron chi connectivity index (χ3n) is 6.80. The average molecular weight is 535 g/mol. The summed E-state index contributed by atoms with van der Waals surface area (Å²) in [6.45, 7) is 2.40. The van der Waals surface area contributed by atoms with E-state index < -0.39 is 21.8 Å². The van der Waals surface area contributed by atoms with Gasteiger partial charge in [0, 0.05) is 42.9 Å². The standard InChI is InChI=1S/C26H23ClN6O5/c1-2-30-15-22(27)24(28-30)26(34)31-25(18-8-4-10-20(14-18)33(37)38)21-11-5-7-17(23(21)29-31)12-16-6-3-9-19(13-16)32(35)36/h3-4,6,8-10,12-15,21,25H,2,5,7,11H2,1H3/b17-12+. The molecule has 1 fully saturated rings. The number of hydrazone groups is 1. The second-order valence-electron chi connectivity index (χ2n) is 9.13. The van der Waals surface area contributed by atoms with E-state index in [-0.39, 0.29) is 28.0 Å². The van der Waals surface area contributed by atoms with E-state index in [0.29, 0.717) is 36.2 Å². The van der Waals surface area contributed by atoms with Crippen molar-refractivity contribution in [2.45, 2.75) is 38.8 Å². The number of halogens is 1. The minimum atomic E-state index is -0.603. The Morgan fingerprint density at radius 3 is 2.53 bits per heavy atom. The predicted octanol–water partition coefficient (Wildman–Crippen LogP) is 5.81. The lowest BCUT2D eigenvalue weighted by Gasteiger charge is -2.29. The van der Waals surface area contributed by atoms with Gasteiger partial charge in [0.2, 0.25) is 0 Å². The third-order valence-corrected chi connectivity index (χ3v) is 7.07. The molecule has 194 valence electrons. The molecule has 1 saturated carbocycles. The average Bonchev–Trinajstić information content (AvgIpc) is 3.49. The van der Waals surface area contributed by atoms with Gasteiger partial charge in [-0.25, -0.2) is 5.01 Å². The van der Waals surface area contributed by atoms with Crippen LogP contribution in [0, 0.1) is 26.1 Å². The number of nitro benzene ring substituents is 2. The number of rotatable bonds is 6. The van der Waals surface area contributed by atoms with Crippen LogP contribution in [0.3, 0.4) is 0 Å². The molecule has 2 atom stereocenters. The van der Waals surface area contributed by atoms with Gasteiger partial charge in [-0.05, 0) is 49.0 Å². The lowest BCUT2D eigenvalue weighted by atomic mass is 9.77. The number of allylic oxidation sites excluding steroid dienone is 1. The number of amides is 1. The van der Waals surface area contributed by atoms with Crippen LogP contribution in [0.15, 0.2) is 65.4 Å². The predicted molar refractivity (Wildman–Crippen MR) is 141 cm³/mol. The van der Waals surface area contributed by atoms with Crippen molar-refractivity contribution in [3.05, 3.63) is 102 Å². The Morgan fingerprint density at radius 1 is 1.13 bits per heavy atom. The summed E-state index contributed by atoms with van der Waals surface area (Å²) >= 11 is 6.35. The van der Waals surface area contributed by atoms with E-state index in [2.05, 4.69) is 5.10 Å². The van der Waals surface area contributed by atoms with Gasteiger partial charge in [0.25, 0.3) is 17.3 Å². The SMILES string of the molecule is CCn1cc(Cl)c(C(=O)N2N=C3/C(=C/c4cccc([N+](=O)[O-])c4)CCCC3C2c2cccc([N+](=O)[O-])c2)n1. The molecule has 1 aliphatic carbocycles. The fraction of sp³-hybridized carbons (Fsp3) is 0.269. The van der Waals surface area contributed by atoms with Gasteiger partial charge in [-0.15, -0.1) is 0 Å². The van der Waals surface area contributed by atoms with Gasteiger partial charge in [-0.1, -0.05) is 35.9 Å². The molecule has 0 N–H and O–H groups in total. The van der Waals surface area contributed by atoms with Crippen LogP contribution in [0.1, 0.15) is 53.8 Å². The molecular formula is C26H23ClN6O5. The second-order valence-corrected chi connectivity index (χ2v) is 9.54. The van der Waals surface area contributed by atoms with Gasteiger partial charge < -0.3 is 0 Å². The van der Waals surface area contributed by atoms with Crippen LogP contribution in [-0.2, 0) is 6.54 Å². The number of hydrogen-bond acceptors (Lipinski definition) is 7. The van der Waals surface area contributed by atoms with E-state index in [4.69, 9.17) is 16.7 Å². The van der Waals surface area contributed by atoms with E-state index in [1.165, 1.54) is 29.3 Å². The zero-order chi connectivity index (χ0) is 27.0. The number of aromatic nitrogens is 2. The van der Waals surface area contributed by atoms with Crippen molar-refractivity contribution in [1.29, 1.82) is 0 Å². The molecule has 2 aromatic carbocycles. The minimum absolute atomic E-state index is 0.0208. The fourth-order valence-electron chi connectivity index (χ4n) is 5.07. The number of non-ortho nitro benzene ring substituents is 2. The molecule has 3 aromatic rings. The molecule has 1 aliphatic heterocycles. The van der Waals surface area contributed by atoms with Crippen molar-refractivity contribution in [2.75, 3.05) is 0 Å². The lowest BCUT2D eigenvalue weighted by Crippen LogP contribution is -2.32. The Morgan fingerprint density at radius 2 is 1.84 bits per heavy atom. The maximum atomic E-state index is 13.8. The summed E-state index contributed by atoms with van der Waals surface area (Å²) in [5.41, 5.74) is 2.72. The highest BCUT2D eigenvalue weighted by molar-refractivity contribution is 6.33. The van der Waals surface area contributed by atoms with Crippen LogP contribution in [0.5, 0.6) is 0 Å². The lowest BCUT2D eigenvalue weighted by molar-refractivity contribution is -0.385. The van der Waals surface area contributed by atoms with Crippen LogP contribution < -0.4 is 0 Å². The highest BCUT2D eigenvalue weighted by Crippen LogP contribution is 2.45. The van der Waals surface area contributed by atoms with Crippen LogP contribution in [0.25, 0.3) is 6.08 Å². The molecule has 2 heterocycles. The first-order chi connectivity index (χ1) is 18.3. The van der Waals surface area contributed by atoms with E-state index >= 15 is 0 Å². The number of nitrogens with zero attached hydrogens (tertiary/aromatic N) is 6. The van der Waals surface area contributed by atoms with Gasteiger partial charge in [-0.2, -0.15) is 10.2 Å². The molecule has 1 aromatic heterocycles. The van der Waals surface area contributed by atoms with Crippen LogP contribution in [0.4, 0.5) is 11.4 Å². The van der Waals surface area contributed by atoms with Crippen molar-refractivity contribution >= 4 is 40.7 Å². The number of carbonyl (C=O) groups excluding carboxylic acids is 1. The quantitative estimate of drug-likeness (QED) is 0.289. The van der Waals surface area contributed by atoms with E-state index in [9.17, 15) is 25.0 Å². The molecule has 1 amide bonds. The summed E-state index contributed by atoms with van der Waals surface area (Å²) in [7, 11) is 0. The summed E-state index contributed by atoms with van der Waals surface area (Å²) in [5.74, 6) is -0.734. The van der Waals surface area contributed by atoms with Crippen molar-refractivity contribution in [3.63, 3.8) is 0 Å². The summed E-state index contributed by atoms with van der Waals surface area (Å²) in [4.78, 5) is 35.6.